The molecule has 78 valence electrons. The number of benzene rings is 1. The van der Waals surface area contributed by atoms with Crippen molar-refractivity contribution in [1.82, 2.24) is 0 Å². The summed E-state index contributed by atoms with van der Waals surface area (Å²) in [5.74, 6) is 2.81. The maximum atomic E-state index is 4.29. The van der Waals surface area contributed by atoms with Gasteiger partial charge in [-0.25, -0.2) is 0 Å². The van der Waals surface area contributed by atoms with Crippen LogP contribution in [0.3, 0.4) is 0 Å². The predicted octanol–water partition coefficient (Wildman–Crippen LogP) is 3.96. The summed E-state index contributed by atoms with van der Waals surface area (Å²) in [5, 5.41) is 0. The second-order valence-electron chi connectivity index (χ2n) is 3.87. The Morgan fingerprint density at radius 3 is 2.71 bits per heavy atom. The Hall–Kier alpha value is -0.0800. The topological polar surface area (TPSA) is 0 Å². The summed E-state index contributed by atoms with van der Waals surface area (Å²) in [4.78, 5) is 1.42. The molecule has 0 aliphatic heterocycles. The van der Waals surface area contributed by atoms with Crippen LogP contribution in [0.15, 0.2) is 23.1 Å². The maximum Gasteiger partial charge on any atom is 0.0104 e. The van der Waals surface area contributed by atoms with E-state index in [-0.39, 0.29) is 0 Å². The molecule has 1 rings (SSSR count). The summed E-state index contributed by atoms with van der Waals surface area (Å²) in [5.41, 5.74) is 2.73. The molecule has 0 radical (unpaired) electrons. The van der Waals surface area contributed by atoms with Crippen LogP contribution in [0.5, 0.6) is 0 Å². The highest BCUT2D eigenvalue weighted by molar-refractivity contribution is 7.99. The van der Waals surface area contributed by atoms with Crippen LogP contribution in [0.25, 0.3) is 0 Å². The normalized spacial score (nSPS) is 12.9. The van der Waals surface area contributed by atoms with Gasteiger partial charge in [-0.05, 0) is 37.1 Å². The molecule has 0 aliphatic carbocycles. The minimum absolute atomic E-state index is 0.684. The van der Waals surface area contributed by atoms with E-state index in [1.165, 1.54) is 16.0 Å². The fourth-order valence-electron chi connectivity index (χ4n) is 1.15. The zero-order valence-corrected chi connectivity index (χ0v) is 10.8. The van der Waals surface area contributed by atoms with Gasteiger partial charge in [0.1, 0.15) is 0 Å². The average molecular weight is 226 g/mol. The molecule has 0 nitrogen and oxygen atoms in total. The molecule has 1 aromatic carbocycles. The van der Waals surface area contributed by atoms with Gasteiger partial charge in [0.15, 0.2) is 0 Å². The van der Waals surface area contributed by atoms with Crippen molar-refractivity contribution in [2.45, 2.75) is 25.7 Å². The SMILES string of the molecule is Cc1ccc(C)c(SCC(C)CS)c1. The summed E-state index contributed by atoms with van der Waals surface area (Å²) in [7, 11) is 0. The van der Waals surface area contributed by atoms with Crippen LogP contribution >= 0.6 is 24.4 Å². The van der Waals surface area contributed by atoms with Gasteiger partial charge in [0.05, 0.1) is 0 Å². The lowest BCUT2D eigenvalue weighted by atomic mass is 10.2. The van der Waals surface area contributed by atoms with Gasteiger partial charge in [-0.2, -0.15) is 12.6 Å². The third-order valence-corrected chi connectivity index (χ3v) is 4.29. The van der Waals surface area contributed by atoms with Crippen molar-refractivity contribution in [3.63, 3.8) is 0 Å². The van der Waals surface area contributed by atoms with Gasteiger partial charge in [-0.3, -0.25) is 0 Å². The number of hydrogen-bond acceptors (Lipinski definition) is 2. The van der Waals surface area contributed by atoms with Crippen molar-refractivity contribution in [3.8, 4) is 0 Å². The Morgan fingerprint density at radius 2 is 2.07 bits per heavy atom. The van der Waals surface area contributed by atoms with Crippen LogP contribution in [0.2, 0.25) is 0 Å². The quantitative estimate of drug-likeness (QED) is 0.599. The number of rotatable bonds is 4. The Kier molecular flexibility index (Phi) is 4.90. The van der Waals surface area contributed by atoms with Gasteiger partial charge in [-0.1, -0.05) is 24.6 Å². The third kappa shape index (κ3) is 3.58. The molecule has 0 saturated heterocycles. The predicted molar refractivity (Wildman–Crippen MR) is 69.7 cm³/mol. The summed E-state index contributed by atoms with van der Waals surface area (Å²) in [6.45, 7) is 6.56. The van der Waals surface area contributed by atoms with Crippen LogP contribution < -0.4 is 0 Å². The lowest BCUT2D eigenvalue weighted by molar-refractivity contribution is 0.766. The number of hydrogen-bond donors (Lipinski definition) is 1. The second-order valence-corrected chi connectivity index (χ2v) is 5.29. The van der Waals surface area contributed by atoms with Crippen LogP contribution in [-0.2, 0) is 0 Å². The van der Waals surface area contributed by atoms with Gasteiger partial charge < -0.3 is 0 Å². The molecule has 14 heavy (non-hydrogen) atoms. The smallest absolute Gasteiger partial charge is 0.0104 e. The van der Waals surface area contributed by atoms with Crippen molar-refractivity contribution in [1.29, 1.82) is 0 Å². The number of thioether (sulfide) groups is 1. The molecule has 0 saturated carbocycles. The summed E-state index contributed by atoms with van der Waals surface area (Å²) < 4.78 is 0. The van der Waals surface area contributed by atoms with Crippen molar-refractivity contribution in [3.05, 3.63) is 29.3 Å². The van der Waals surface area contributed by atoms with E-state index in [2.05, 4.69) is 51.6 Å². The molecule has 1 unspecified atom stereocenters. The minimum Gasteiger partial charge on any atom is -0.179 e. The van der Waals surface area contributed by atoms with Gasteiger partial charge in [-0.15, -0.1) is 11.8 Å². The van der Waals surface area contributed by atoms with E-state index >= 15 is 0 Å². The highest BCUT2D eigenvalue weighted by Crippen LogP contribution is 2.25. The van der Waals surface area contributed by atoms with E-state index < -0.39 is 0 Å². The first-order valence-corrected chi connectivity index (χ1v) is 6.56. The van der Waals surface area contributed by atoms with E-state index in [1.807, 2.05) is 11.8 Å². The van der Waals surface area contributed by atoms with Crippen LogP contribution in [0.1, 0.15) is 18.1 Å². The number of aryl methyl sites for hydroxylation is 2. The molecule has 2 heteroatoms. The molecular formula is C12H18S2. The summed E-state index contributed by atoms with van der Waals surface area (Å²) in [6.07, 6.45) is 0. The summed E-state index contributed by atoms with van der Waals surface area (Å²) >= 11 is 6.24. The Bertz CT molecular complexity index is 294. The monoisotopic (exact) mass is 226 g/mol. The van der Waals surface area contributed by atoms with E-state index in [4.69, 9.17) is 0 Å². The molecule has 0 amide bonds. The molecule has 0 N–H and O–H groups in total. The van der Waals surface area contributed by atoms with Crippen molar-refractivity contribution >= 4 is 24.4 Å². The van der Waals surface area contributed by atoms with Crippen molar-refractivity contribution in [2.24, 2.45) is 5.92 Å². The highest BCUT2D eigenvalue weighted by atomic mass is 32.2. The molecule has 0 spiro atoms. The fourth-order valence-corrected chi connectivity index (χ4v) is 2.60. The third-order valence-electron chi connectivity index (χ3n) is 2.18. The lowest BCUT2D eigenvalue weighted by Gasteiger charge is -2.10. The first kappa shape index (κ1) is 12.0. The molecule has 0 heterocycles. The Balaban J connectivity index is 2.62. The average Bonchev–Trinajstić information content (AvgIpc) is 2.19. The molecule has 0 fully saturated rings. The van der Waals surface area contributed by atoms with E-state index in [0.29, 0.717) is 5.92 Å². The highest BCUT2D eigenvalue weighted by Gasteiger charge is 2.03. The van der Waals surface area contributed by atoms with Crippen molar-refractivity contribution in [2.75, 3.05) is 11.5 Å². The Morgan fingerprint density at radius 1 is 1.36 bits per heavy atom. The number of thiol groups is 1. The maximum absolute atomic E-state index is 4.29. The zero-order chi connectivity index (χ0) is 10.6. The fraction of sp³-hybridized carbons (Fsp3) is 0.500. The summed E-state index contributed by atoms with van der Waals surface area (Å²) in [6, 6.07) is 6.63. The first-order chi connectivity index (χ1) is 6.63. The largest absolute Gasteiger partial charge is 0.179 e. The molecule has 0 aromatic heterocycles. The molecule has 1 aromatic rings. The molecule has 0 aliphatic rings. The van der Waals surface area contributed by atoms with Gasteiger partial charge >= 0.3 is 0 Å². The van der Waals surface area contributed by atoms with E-state index in [0.717, 1.165) is 11.5 Å². The van der Waals surface area contributed by atoms with Gasteiger partial charge in [0.25, 0.3) is 0 Å². The van der Waals surface area contributed by atoms with Gasteiger partial charge in [0, 0.05) is 10.6 Å². The standard InChI is InChI=1S/C12H18S2/c1-9-4-5-11(3)12(6-9)14-8-10(2)7-13/h4-6,10,13H,7-8H2,1-3H3. The lowest BCUT2D eigenvalue weighted by Crippen LogP contribution is -1.99. The minimum atomic E-state index is 0.684. The van der Waals surface area contributed by atoms with E-state index in [1.54, 1.807) is 0 Å². The van der Waals surface area contributed by atoms with Gasteiger partial charge in [0.2, 0.25) is 0 Å². The molecular weight excluding hydrogens is 208 g/mol. The van der Waals surface area contributed by atoms with Crippen LogP contribution in [0, 0.1) is 19.8 Å². The Labute approximate surface area is 96.9 Å². The van der Waals surface area contributed by atoms with Crippen LogP contribution in [0.4, 0.5) is 0 Å². The molecule has 1 atom stereocenters. The molecule has 0 bridgehead atoms. The zero-order valence-electron chi connectivity index (χ0n) is 9.08. The van der Waals surface area contributed by atoms with Crippen molar-refractivity contribution < 1.29 is 0 Å². The second kappa shape index (κ2) is 5.72. The van der Waals surface area contributed by atoms with Crippen LogP contribution in [-0.4, -0.2) is 11.5 Å². The first-order valence-electron chi connectivity index (χ1n) is 4.94. The van der Waals surface area contributed by atoms with E-state index in [9.17, 15) is 0 Å².